The Bertz CT molecular complexity index is 643. The summed E-state index contributed by atoms with van der Waals surface area (Å²) in [6, 6.07) is 12.3. The second-order valence-corrected chi connectivity index (χ2v) is 5.47. The zero-order valence-corrected chi connectivity index (χ0v) is 12.8. The van der Waals surface area contributed by atoms with E-state index in [-0.39, 0.29) is 0 Å². The zero-order chi connectivity index (χ0) is 14.7. The fourth-order valence-electron chi connectivity index (χ4n) is 2.64. The molecule has 1 heterocycles. The molecule has 21 heavy (non-hydrogen) atoms. The number of rotatable bonds is 5. The smallest absolute Gasteiger partial charge is 0.138 e. The normalized spacial score (nSPS) is 12.7. The topological polar surface area (TPSA) is 33.3 Å². The summed E-state index contributed by atoms with van der Waals surface area (Å²) in [4.78, 5) is 0. The minimum atomic E-state index is 0.619. The molecule has 3 rings (SSSR count). The van der Waals surface area contributed by atoms with Crippen molar-refractivity contribution >= 4 is 23.0 Å². The Kier molecular flexibility index (Phi) is 4.20. The van der Waals surface area contributed by atoms with E-state index < -0.39 is 0 Å². The van der Waals surface area contributed by atoms with Gasteiger partial charge in [-0.2, -0.15) is 0 Å². The van der Waals surface area contributed by atoms with Crippen LogP contribution in [0.4, 0.5) is 11.4 Å². The summed E-state index contributed by atoms with van der Waals surface area (Å²) in [5.41, 5.74) is 4.97. The summed E-state index contributed by atoms with van der Waals surface area (Å²) in [7, 11) is 0. The highest BCUT2D eigenvalue weighted by atomic mass is 35.5. The van der Waals surface area contributed by atoms with Crippen LogP contribution in [0.2, 0.25) is 5.02 Å². The third-order valence-corrected chi connectivity index (χ3v) is 3.94. The van der Waals surface area contributed by atoms with Crippen molar-refractivity contribution in [3.05, 3.63) is 52.5 Å². The zero-order valence-electron chi connectivity index (χ0n) is 12.1. The summed E-state index contributed by atoms with van der Waals surface area (Å²) >= 11 is 6.21. The van der Waals surface area contributed by atoms with E-state index in [9.17, 15) is 0 Å². The van der Waals surface area contributed by atoms with Crippen molar-refractivity contribution in [2.45, 2.75) is 19.9 Å². The molecule has 0 saturated carbocycles. The van der Waals surface area contributed by atoms with Crippen LogP contribution >= 0.6 is 11.6 Å². The van der Waals surface area contributed by atoms with Crippen LogP contribution in [0.25, 0.3) is 0 Å². The molecule has 0 bridgehead atoms. The average molecular weight is 303 g/mol. The van der Waals surface area contributed by atoms with E-state index in [0.29, 0.717) is 11.6 Å². The number of benzene rings is 2. The number of anilines is 2. The van der Waals surface area contributed by atoms with Crippen LogP contribution < -0.4 is 15.4 Å². The summed E-state index contributed by atoms with van der Waals surface area (Å²) in [5, 5.41) is 7.51. The van der Waals surface area contributed by atoms with Crippen molar-refractivity contribution in [2.75, 3.05) is 23.8 Å². The summed E-state index contributed by atoms with van der Waals surface area (Å²) in [5.74, 6) is 0.729. The Morgan fingerprint density at radius 2 is 2.19 bits per heavy atom. The van der Waals surface area contributed by atoms with Crippen LogP contribution in [-0.4, -0.2) is 13.2 Å². The molecule has 1 aliphatic heterocycles. The number of fused-ring (bicyclic) bond motifs is 1. The number of hydrogen-bond donors (Lipinski definition) is 2. The SMILES string of the molecule is CCOc1ccc(NCc2cccc3c2NCC3)cc1Cl. The second kappa shape index (κ2) is 6.27. The molecule has 0 unspecified atom stereocenters. The summed E-state index contributed by atoms with van der Waals surface area (Å²) < 4.78 is 5.45. The molecule has 0 fully saturated rings. The van der Waals surface area contributed by atoms with Crippen molar-refractivity contribution < 1.29 is 4.74 Å². The van der Waals surface area contributed by atoms with E-state index in [1.807, 2.05) is 25.1 Å². The molecule has 4 heteroatoms. The van der Waals surface area contributed by atoms with Crippen molar-refractivity contribution in [2.24, 2.45) is 0 Å². The molecule has 0 saturated heterocycles. The lowest BCUT2D eigenvalue weighted by Crippen LogP contribution is -2.03. The maximum atomic E-state index is 6.21. The van der Waals surface area contributed by atoms with Crippen molar-refractivity contribution in [3.63, 3.8) is 0 Å². The quantitative estimate of drug-likeness (QED) is 0.863. The van der Waals surface area contributed by atoms with Gasteiger partial charge >= 0.3 is 0 Å². The monoisotopic (exact) mass is 302 g/mol. The maximum absolute atomic E-state index is 6.21. The highest BCUT2D eigenvalue weighted by molar-refractivity contribution is 6.32. The Morgan fingerprint density at radius 1 is 1.29 bits per heavy atom. The maximum Gasteiger partial charge on any atom is 0.138 e. The Morgan fingerprint density at radius 3 is 3.00 bits per heavy atom. The Hall–Kier alpha value is -1.87. The van der Waals surface area contributed by atoms with Gasteiger partial charge in [-0.05, 0) is 42.7 Å². The minimum absolute atomic E-state index is 0.619. The fraction of sp³-hybridized carbons (Fsp3) is 0.294. The first-order chi connectivity index (χ1) is 10.3. The van der Waals surface area contributed by atoms with E-state index in [1.54, 1.807) is 0 Å². The lowest BCUT2D eigenvalue weighted by atomic mass is 10.1. The van der Waals surface area contributed by atoms with Gasteiger partial charge in [0.2, 0.25) is 0 Å². The van der Waals surface area contributed by atoms with Crippen LogP contribution in [0.5, 0.6) is 5.75 Å². The molecule has 2 N–H and O–H groups in total. The number of halogens is 1. The molecule has 0 aliphatic carbocycles. The van der Waals surface area contributed by atoms with E-state index >= 15 is 0 Å². The number of hydrogen-bond acceptors (Lipinski definition) is 3. The Balaban J connectivity index is 1.71. The molecule has 0 atom stereocenters. The van der Waals surface area contributed by atoms with Crippen LogP contribution in [-0.2, 0) is 13.0 Å². The molecule has 0 amide bonds. The summed E-state index contributed by atoms with van der Waals surface area (Å²) in [6.07, 6.45) is 1.11. The molecule has 2 aromatic rings. The van der Waals surface area contributed by atoms with Gasteiger partial charge < -0.3 is 15.4 Å². The van der Waals surface area contributed by atoms with Gasteiger partial charge in [0.05, 0.1) is 11.6 Å². The van der Waals surface area contributed by atoms with E-state index in [4.69, 9.17) is 16.3 Å². The van der Waals surface area contributed by atoms with Gasteiger partial charge in [0.25, 0.3) is 0 Å². The average Bonchev–Trinajstić information content (AvgIpc) is 2.97. The highest BCUT2D eigenvalue weighted by Gasteiger charge is 2.13. The Labute approximate surface area is 130 Å². The number of para-hydroxylation sites is 1. The largest absolute Gasteiger partial charge is 0.492 e. The first kappa shape index (κ1) is 14.1. The first-order valence-corrected chi connectivity index (χ1v) is 7.66. The summed E-state index contributed by atoms with van der Waals surface area (Å²) in [6.45, 7) is 4.38. The van der Waals surface area contributed by atoms with E-state index in [0.717, 1.165) is 30.9 Å². The number of nitrogens with one attached hydrogen (secondary N) is 2. The van der Waals surface area contributed by atoms with Crippen molar-refractivity contribution in [1.29, 1.82) is 0 Å². The molecule has 110 valence electrons. The van der Waals surface area contributed by atoms with Gasteiger partial charge in [-0.3, -0.25) is 0 Å². The molecule has 1 aliphatic rings. The van der Waals surface area contributed by atoms with Crippen LogP contribution in [0.1, 0.15) is 18.1 Å². The van der Waals surface area contributed by atoms with Gasteiger partial charge in [0.15, 0.2) is 0 Å². The van der Waals surface area contributed by atoms with Gasteiger partial charge in [-0.25, -0.2) is 0 Å². The van der Waals surface area contributed by atoms with Gasteiger partial charge in [0, 0.05) is 24.5 Å². The van der Waals surface area contributed by atoms with Crippen molar-refractivity contribution in [3.8, 4) is 5.75 Å². The van der Waals surface area contributed by atoms with E-state index in [2.05, 4.69) is 28.8 Å². The molecule has 0 aromatic heterocycles. The predicted octanol–water partition coefficient (Wildman–Crippen LogP) is 4.32. The first-order valence-electron chi connectivity index (χ1n) is 7.29. The minimum Gasteiger partial charge on any atom is -0.492 e. The fourth-order valence-corrected chi connectivity index (χ4v) is 2.87. The molecule has 0 radical (unpaired) electrons. The third-order valence-electron chi connectivity index (χ3n) is 3.65. The van der Waals surface area contributed by atoms with Crippen LogP contribution in [0, 0.1) is 0 Å². The predicted molar refractivity (Wildman–Crippen MR) is 88.6 cm³/mol. The molecule has 2 aromatic carbocycles. The van der Waals surface area contributed by atoms with E-state index in [1.165, 1.54) is 16.8 Å². The molecular formula is C17H19ClN2O. The molecule has 0 spiro atoms. The lowest BCUT2D eigenvalue weighted by Gasteiger charge is -2.12. The molecule has 3 nitrogen and oxygen atoms in total. The van der Waals surface area contributed by atoms with Crippen molar-refractivity contribution in [1.82, 2.24) is 0 Å². The number of ether oxygens (including phenoxy) is 1. The molecular weight excluding hydrogens is 284 g/mol. The van der Waals surface area contributed by atoms with Crippen LogP contribution in [0.3, 0.4) is 0 Å². The van der Waals surface area contributed by atoms with Gasteiger partial charge in [-0.1, -0.05) is 29.8 Å². The lowest BCUT2D eigenvalue weighted by molar-refractivity contribution is 0.340. The van der Waals surface area contributed by atoms with Gasteiger partial charge in [0.1, 0.15) is 5.75 Å². The van der Waals surface area contributed by atoms with Gasteiger partial charge in [-0.15, -0.1) is 0 Å². The highest BCUT2D eigenvalue weighted by Crippen LogP contribution is 2.29. The standard InChI is InChI=1S/C17H19ClN2O/c1-2-21-16-7-6-14(10-15(16)18)20-11-13-5-3-4-12-8-9-19-17(12)13/h3-7,10,19-20H,2,8-9,11H2,1H3. The third kappa shape index (κ3) is 3.08. The second-order valence-electron chi connectivity index (χ2n) is 5.06. The van der Waals surface area contributed by atoms with Crippen LogP contribution in [0.15, 0.2) is 36.4 Å².